The molecule has 2 rings (SSSR count). The highest BCUT2D eigenvalue weighted by Crippen LogP contribution is 2.27. The maximum atomic E-state index is 10.5. The Kier molecular flexibility index (Phi) is 4.49. The molecule has 3 N–H and O–H groups in total. The molecule has 0 aromatic heterocycles. The molecule has 1 aromatic rings. The lowest BCUT2D eigenvalue weighted by Crippen LogP contribution is -2.21. The molecule has 0 bridgehead atoms. The number of benzene rings is 1. The average molecular weight is 268 g/mol. The number of hydrogen-bond acceptors (Lipinski definition) is 5. The molecule has 2 atom stereocenters. The molecule has 1 aliphatic heterocycles. The molecule has 1 aliphatic rings. The molecule has 2 unspecified atom stereocenters. The van der Waals surface area contributed by atoms with E-state index in [1.807, 2.05) is 0 Å². The van der Waals surface area contributed by atoms with Gasteiger partial charge >= 0.3 is 5.97 Å². The van der Waals surface area contributed by atoms with E-state index in [1.54, 1.807) is 24.3 Å². The minimum Gasteiger partial charge on any atom is -0.481 e. The van der Waals surface area contributed by atoms with Crippen molar-refractivity contribution in [1.29, 1.82) is 0 Å². The maximum absolute atomic E-state index is 10.5. The molecule has 1 fully saturated rings. The van der Waals surface area contributed by atoms with E-state index < -0.39 is 30.9 Å². The molecule has 0 aliphatic carbocycles. The van der Waals surface area contributed by atoms with Crippen molar-refractivity contribution in [2.45, 2.75) is 24.9 Å². The number of aliphatic carboxylic acids is 1. The maximum Gasteiger partial charge on any atom is 0.306 e. The van der Waals surface area contributed by atoms with Crippen molar-refractivity contribution >= 4 is 5.97 Å². The molecule has 1 heterocycles. The van der Waals surface area contributed by atoms with E-state index in [9.17, 15) is 15.0 Å². The standard InChI is InChI=1S/C13H16O6/c14-10(7-11(15)16)12(17)8-2-1-3-9(6-8)13-18-4-5-19-13/h1-3,6,10,12-14,17H,4-5,7H2,(H,15,16). The van der Waals surface area contributed by atoms with Gasteiger partial charge in [-0.3, -0.25) is 4.79 Å². The van der Waals surface area contributed by atoms with Crippen LogP contribution in [0.1, 0.15) is 29.9 Å². The highest BCUT2D eigenvalue weighted by molar-refractivity contribution is 5.67. The molecule has 0 radical (unpaired) electrons. The summed E-state index contributed by atoms with van der Waals surface area (Å²) in [5.41, 5.74) is 1.17. The van der Waals surface area contributed by atoms with Crippen molar-refractivity contribution in [2.24, 2.45) is 0 Å². The summed E-state index contributed by atoms with van der Waals surface area (Å²) < 4.78 is 10.7. The summed E-state index contributed by atoms with van der Waals surface area (Å²) in [4.78, 5) is 10.5. The van der Waals surface area contributed by atoms with Crippen LogP contribution in [-0.4, -0.2) is 40.6 Å². The number of aliphatic hydroxyl groups is 2. The molecule has 19 heavy (non-hydrogen) atoms. The fraction of sp³-hybridized carbons (Fsp3) is 0.462. The van der Waals surface area contributed by atoms with Crippen molar-refractivity contribution in [1.82, 2.24) is 0 Å². The van der Waals surface area contributed by atoms with Crippen molar-refractivity contribution in [3.63, 3.8) is 0 Å². The largest absolute Gasteiger partial charge is 0.481 e. The Morgan fingerprint density at radius 1 is 1.32 bits per heavy atom. The van der Waals surface area contributed by atoms with Gasteiger partial charge in [0.1, 0.15) is 6.10 Å². The van der Waals surface area contributed by atoms with Gasteiger partial charge in [0.05, 0.1) is 25.7 Å². The zero-order valence-electron chi connectivity index (χ0n) is 10.2. The molecule has 0 saturated carbocycles. The third-order valence-electron chi connectivity index (χ3n) is 2.89. The van der Waals surface area contributed by atoms with Gasteiger partial charge < -0.3 is 24.8 Å². The van der Waals surface area contributed by atoms with E-state index in [2.05, 4.69) is 0 Å². The second-order valence-corrected chi connectivity index (χ2v) is 4.35. The monoisotopic (exact) mass is 268 g/mol. The summed E-state index contributed by atoms with van der Waals surface area (Å²) in [6.07, 6.45) is -3.58. The van der Waals surface area contributed by atoms with Crippen LogP contribution in [0.3, 0.4) is 0 Å². The van der Waals surface area contributed by atoms with E-state index in [4.69, 9.17) is 14.6 Å². The van der Waals surface area contributed by atoms with Gasteiger partial charge in [0.2, 0.25) is 0 Å². The average Bonchev–Trinajstić information content (AvgIpc) is 2.91. The minimum atomic E-state index is -1.35. The first-order chi connectivity index (χ1) is 9.08. The predicted molar refractivity (Wildman–Crippen MR) is 64.3 cm³/mol. The van der Waals surface area contributed by atoms with Crippen LogP contribution >= 0.6 is 0 Å². The first-order valence-corrected chi connectivity index (χ1v) is 5.99. The Balaban J connectivity index is 2.11. The normalized spacial score (nSPS) is 19.3. The molecule has 0 spiro atoms. The molecular formula is C13H16O6. The van der Waals surface area contributed by atoms with Crippen LogP contribution in [0.25, 0.3) is 0 Å². The number of hydrogen-bond donors (Lipinski definition) is 3. The highest BCUT2D eigenvalue weighted by Gasteiger charge is 2.23. The first-order valence-electron chi connectivity index (χ1n) is 5.99. The van der Waals surface area contributed by atoms with Crippen LogP contribution in [0.15, 0.2) is 24.3 Å². The number of rotatable bonds is 5. The smallest absolute Gasteiger partial charge is 0.306 e. The van der Waals surface area contributed by atoms with Crippen LogP contribution in [0.5, 0.6) is 0 Å². The van der Waals surface area contributed by atoms with Crippen molar-refractivity contribution in [3.05, 3.63) is 35.4 Å². The van der Waals surface area contributed by atoms with Crippen molar-refractivity contribution in [3.8, 4) is 0 Å². The predicted octanol–water partition coefficient (Wildman–Crippen LogP) is 0.601. The lowest BCUT2D eigenvalue weighted by Gasteiger charge is -2.18. The quantitative estimate of drug-likeness (QED) is 0.723. The van der Waals surface area contributed by atoms with E-state index in [0.717, 1.165) is 5.56 Å². The van der Waals surface area contributed by atoms with Gasteiger partial charge in [0.15, 0.2) is 6.29 Å². The second kappa shape index (κ2) is 6.12. The number of ether oxygens (including phenoxy) is 2. The van der Waals surface area contributed by atoms with Gasteiger partial charge in [-0.1, -0.05) is 18.2 Å². The molecule has 1 saturated heterocycles. The molecule has 6 heteroatoms. The Morgan fingerprint density at radius 3 is 2.63 bits per heavy atom. The molecular weight excluding hydrogens is 252 g/mol. The SMILES string of the molecule is O=C(O)CC(O)C(O)c1cccc(C2OCCO2)c1. The first kappa shape index (κ1) is 14.0. The van der Waals surface area contributed by atoms with E-state index >= 15 is 0 Å². The van der Waals surface area contributed by atoms with Crippen LogP contribution in [0, 0.1) is 0 Å². The number of carboxylic acid groups (broad SMARTS) is 1. The summed E-state index contributed by atoms with van der Waals surface area (Å²) in [7, 11) is 0. The topological polar surface area (TPSA) is 96.2 Å². The lowest BCUT2D eigenvalue weighted by molar-refractivity contribution is -0.141. The Labute approximate surface area is 110 Å². The van der Waals surface area contributed by atoms with E-state index in [1.165, 1.54) is 0 Å². The van der Waals surface area contributed by atoms with Gasteiger partial charge in [-0.25, -0.2) is 0 Å². The summed E-state index contributed by atoms with van der Waals surface area (Å²) >= 11 is 0. The summed E-state index contributed by atoms with van der Waals surface area (Å²) in [5.74, 6) is -1.16. The number of carbonyl (C=O) groups is 1. The minimum absolute atomic E-state index is 0.436. The summed E-state index contributed by atoms with van der Waals surface area (Å²) in [5, 5.41) is 28.1. The lowest BCUT2D eigenvalue weighted by atomic mass is 10.00. The van der Waals surface area contributed by atoms with Crippen molar-refractivity contribution < 1.29 is 29.6 Å². The van der Waals surface area contributed by atoms with Gasteiger partial charge in [0, 0.05) is 5.56 Å². The Hall–Kier alpha value is -1.47. The molecule has 104 valence electrons. The third-order valence-corrected chi connectivity index (χ3v) is 2.89. The van der Waals surface area contributed by atoms with Gasteiger partial charge in [-0.05, 0) is 11.6 Å². The third kappa shape index (κ3) is 3.51. The van der Waals surface area contributed by atoms with Gasteiger partial charge in [-0.15, -0.1) is 0 Å². The van der Waals surface area contributed by atoms with E-state index in [0.29, 0.717) is 18.8 Å². The second-order valence-electron chi connectivity index (χ2n) is 4.35. The van der Waals surface area contributed by atoms with Crippen LogP contribution in [0.4, 0.5) is 0 Å². The Bertz CT molecular complexity index is 441. The molecule has 0 amide bonds. The van der Waals surface area contributed by atoms with Crippen molar-refractivity contribution in [2.75, 3.05) is 13.2 Å². The zero-order chi connectivity index (χ0) is 13.8. The molecule has 1 aromatic carbocycles. The van der Waals surface area contributed by atoms with Gasteiger partial charge in [-0.2, -0.15) is 0 Å². The van der Waals surface area contributed by atoms with Crippen LogP contribution in [-0.2, 0) is 14.3 Å². The van der Waals surface area contributed by atoms with E-state index in [-0.39, 0.29) is 0 Å². The van der Waals surface area contributed by atoms with Crippen LogP contribution in [0.2, 0.25) is 0 Å². The highest BCUT2D eigenvalue weighted by atomic mass is 16.7. The van der Waals surface area contributed by atoms with Crippen LogP contribution < -0.4 is 0 Å². The Morgan fingerprint density at radius 2 is 2.00 bits per heavy atom. The fourth-order valence-corrected chi connectivity index (χ4v) is 1.95. The number of carboxylic acids is 1. The number of aliphatic hydroxyl groups excluding tert-OH is 2. The fourth-order valence-electron chi connectivity index (χ4n) is 1.95. The van der Waals surface area contributed by atoms with Gasteiger partial charge in [0.25, 0.3) is 0 Å². The molecule has 6 nitrogen and oxygen atoms in total. The summed E-state index contributed by atoms with van der Waals surface area (Å²) in [6.45, 7) is 1.03. The summed E-state index contributed by atoms with van der Waals surface area (Å²) in [6, 6.07) is 6.75. The zero-order valence-corrected chi connectivity index (χ0v) is 10.2.